The molecule has 0 aliphatic carbocycles. The molecule has 0 aromatic carbocycles. The zero-order valence-electron chi connectivity index (χ0n) is 13.8. The van der Waals surface area contributed by atoms with E-state index in [0.29, 0.717) is 22.0 Å². The molecule has 0 saturated heterocycles. The topological polar surface area (TPSA) is 77.3 Å². The monoisotopic (exact) mass is 397 g/mol. The lowest BCUT2D eigenvalue weighted by atomic mass is 10.2. The number of furan rings is 1. The Balaban J connectivity index is 1.55. The maximum absolute atomic E-state index is 12.3. The van der Waals surface area contributed by atoms with E-state index in [9.17, 15) is 18.0 Å². The predicted octanol–water partition coefficient (Wildman–Crippen LogP) is 3.60. The molecule has 0 spiro atoms. The second-order valence-corrected chi connectivity index (χ2v) is 6.30. The second kappa shape index (κ2) is 8.21. The minimum Gasteiger partial charge on any atom is -0.468 e. The summed E-state index contributed by atoms with van der Waals surface area (Å²) in [6.07, 6.45) is -1.57. The van der Waals surface area contributed by atoms with Gasteiger partial charge in [-0.25, -0.2) is 9.97 Å². The summed E-state index contributed by atoms with van der Waals surface area (Å²) < 4.78 is 46.8. The standard InChI is InChI=1S/C17H14F3N3O3S/c18-17(19,20)10-26-15-11(3-1-5-21-15)8-22-14(24)7-12-9-27-16(23-12)13-4-2-6-25-13/h1-6,9H,7-8,10H2,(H,22,24). The van der Waals surface area contributed by atoms with E-state index >= 15 is 0 Å². The van der Waals surface area contributed by atoms with E-state index < -0.39 is 12.8 Å². The van der Waals surface area contributed by atoms with Crippen LogP contribution in [0.4, 0.5) is 13.2 Å². The number of rotatable bonds is 7. The average Bonchev–Trinajstić information content (AvgIpc) is 3.29. The molecule has 0 atom stereocenters. The van der Waals surface area contributed by atoms with Gasteiger partial charge in [0.2, 0.25) is 11.8 Å². The third kappa shape index (κ3) is 5.55. The lowest BCUT2D eigenvalue weighted by Gasteiger charge is -2.12. The quantitative estimate of drug-likeness (QED) is 0.659. The molecule has 3 heterocycles. The van der Waals surface area contributed by atoms with Crippen LogP contribution in [0.2, 0.25) is 0 Å². The number of carbonyl (C=O) groups is 1. The fraction of sp³-hybridized carbons (Fsp3) is 0.235. The fourth-order valence-electron chi connectivity index (χ4n) is 2.16. The van der Waals surface area contributed by atoms with E-state index in [-0.39, 0.29) is 24.8 Å². The van der Waals surface area contributed by atoms with E-state index in [4.69, 9.17) is 4.42 Å². The number of carbonyl (C=O) groups excluding carboxylic acids is 1. The summed E-state index contributed by atoms with van der Waals surface area (Å²) in [4.78, 5) is 20.2. The highest BCUT2D eigenvalue weighted by Gasteiger charge is 2.29. The van der Waals surface area contributed by atoms with Crippen LogP contribution < -0.4 is 10.1 Å². The molecular formula is C17H14F3N3O3S. The summed E-state index contributed by atoms with van der Waals surface area (Å²) in [7, 11) is 0. The van der Waals surface area contributed by atoms with E-state index in [1.807, 2.05) is 0 Å². The molecule has 0 fully saturated rings. The lowest BCUT2D eigenvalue weighted by molar-refractivity contribution is -0.154. The van der Waals surface area contributed by atoms with Crippen LogP contribution in [0.3, 0.4) is 0 Å². The van der Waals surface area contributed by atoms with Crippen LogP contribution in [0.25, 0.3) is 10.8 Å². The van der Waals surface area contributed by atoms with Crippen LogP contribution in [0.1, 0.15) is 11.3 Å². The Morgan fingerprint density at radius 1 is 1.30 bits per heavy atom. The molecule has 0 saturated carbocycles. The first kappa shape index (κ1) is 18.9. The molecule has 1 N–H and O–H groups in total. The van der Waals surface area contributed by atoms with Crippen molar-refractivity contribution in [1.82, 2.24) is 15.3 Å². The number of thiazole rings is 1. The zero-order valence-corrected chi connectivity index (χ0v) is 14.6. The number of hydrogen-bond donors (Lipinski definition) is 1. The SMILES string of the molecule is O=C(Cc1csc(-c2ccco2)n1)NCc1cccnc1OCC(F)(F)F. The van der Waals surface area contributed by atoms with Crippen LogP contribution in [0.15, 0.2) is 46.5 Å². The number of hydrogen-bond acceptors (Lipinski definition) is 6. The van der Waals surface area contributed by atoms with Gasteiger partial charge in [0.15, 0.2) is 17.4 Å². The van der Waals surface area contributed by atoms with Crippen molar-refractivity contribution < 1.29 is 27.1 Å². The Kier molecular flexibility index (Phi) is 5.75. The average molecular weight is 397 g/mol. The van der Waals surface area contributed by atoms with Gasteiger partial charge in [-0.05, 0) is 18.2 Å². The summed E-state index contributed by atoms with van der Waals surface area (Å²) in [6, 6.07) is 6.61. The molecular weight excluding hydrogens is 383 g/mol. The van der Waals surface area contributed by atoms with Crippen LogP contribution >= 0.6 is 11.3 Å². The minimum absolute atomic E-state index is 0.00492. The Bertz CT molecular complexity index is 894. The Hall–Kier alpha value is -2.88. The predicted molar refractivity (Wildman–Crippen MR) is 91.2 cm³/mol. The van der Waals surface area contributed by atoms with Crippen LogP contribution in [-0.2, 0) is 17.8 Å². The van der Waals surface area contributed by atoms with Crippen molar-refractivity contribution in [2.45, 2.75) is 19.1 Å². The molecule has 0 aliphatic heterocycles. The van der Waals surface area contributed by atoms with E-state index in [1.165, 1.54) is 29.9 Å². The molecule has 0 aliphatic rings. The molecule has 3 aromatic rings. The molecule has 27 heavy (non-hydrogen) atoms. The number of alkyl halides is 3. The molecule has 0 radical (unpaired) electrons. The van der Waals surface area contributed by atoms with Gasteiger partial charge in [0.1, 0.15) is 0 Å². The van der Waals surface area contributed by atoms with Crippen molar-refractivity contribution in [2.24, 2.45) is 0 Å². The fourth-order valence-corrected chi connectivity index (χ4v) is 2.95. The smallest absolute Gasteiger partial charge is 0.422 e. The number of amides is 1. The van der Waals surface area contributed by atoms with Crippen LogP contribution in [0, 0.1) is 0 Å². The third-order valence-electron chi connectivity index (χ3n) is 3.32. The summed E-state index contributed by atoms with van der Waals surface area (Å²) >= 11 is 1.35. The maximum Gasteiger partial charge on any atom is 0.422 e. The number of aromatic nitrogens is 2. The molecule has 6 nitrogen and oxygen atoms in total. The van der Waals surface area contributed by atoms with Crippen molar-refractivity contribution >= 4 is 17.2 Å². The molecule has 3 aromatic heterocycles. The zero-order chi connectivity index (χ0) is 19.3. The molecule has 1 amide bonds. The first-order chi connectivity index (χ1) is 12.9. The van der Waals surface area contributed by atoms with E-state index in [2.05, 4.69) is 20.0 Å². The third-order valence-corrected chi connectivity index (χ3v) is 4.23. The second-order valence-electron chi connectivity index (χ2n) is 5.45. The first-order valence-electron chi connectivity index (χ1n) is 7.79. The summed E-state index contributed by atoms with van der Waals surface area (Å²) in [5.41, 5.74) is 0.924. The van der Waals surface area contributed by atoms with Gasteiger partial charge in [-0.15, -0.1) is 11.3 Å². The number of ether oxygens (including phenoxy) is 1. The highest BCUT2D eigenvalue weighted by atomic mass is 32.1. The number of nitrogens with zero attached hydrogens (tertiary/aromatic N) is 2. The largest absolute Gasteiger partial charge is 0.468 e. The van der Waals surface area contributed by atoms with Gasteiger partial charge < -0.3 is 14.5 Å². The van der Waals surface area contributed by atoms with Crippen molar-refractivity contribution in [3.05, 3.63) is 53.4 Å². The van der Waals surface area contributed by atoms with Gasteiger partial charge in [-0.1, -0.05) is 6.07 Å². The van der Waals surface area contributed by atoms with Crippen LogP contribution in [-0.4, -0.2) is 28.7 Å². The molecule has 10 heteroatoms. The van der Waals surface area contributed by atoms with Gasteiger partial charge in [0, 0.05) is 23.7 Å². The Morgan fingerprint density at radius 2 is 2.15 bits per heavy atom. The Morgan fingerprint density at radius 3 is 2.89 bits per heavy atom. The maximum atomic E-state index is 12.3. The van der Waals surface area contributed by atoms with Gasteiger partial charge in [-0.2, -0.15) is 13.2 Å². The summed E-state index contributed by atoms with van der Waals surface area (Å²) in [6.45, 7) is -1.45. The lowest BCUT2D eigenvalue weighted by Crippen LogP contribution is -2.26. The van der Waals surface area contributed by atoms with E-state index in [1.54, 1.807) is 23.6 Å². The summed E-state index contributed by atoms with van der Waals surface area (Å²) in [5, 5.41) is 5.04. The highest BCUT2D eigenvalue weighted by molar-refractivity contribution is 7.13. The normalized spacial score (nSPS) is 11.4. The molecule has 3 rings (SSSR count). The Labute approximate surface area is 156 Å². The highest BCUT2D eigenvalue weighted by Crippen LogP contribution is 2.24. The first-order valence-corrected chi connectivity index (χ1v) is 8.67. The number of halogens is 3. The summed E-state index contributed by atoms with van der Waals surface area (Å²) in [5.74, 6) is 0.134. The molecule has 0 unspecified atom stereocenters. The van der Waals surface area contributed by atoms with Gasteiger partial charge >= 0.3 is 6.18 Å². The molecule has 0 bridgehead atoms. The minimum atomic E-state index is -4.46. The number of pyridine rings is 1. The van der Waals surface area contributed by atoms with Crippen molar-refractivity contribution in [1.29, 1.82) is 0 Å². The van der Waals surface area contributed by atoms with Gasteiger partial charge in [-0.3, -0.25) is 4.79 Å². The van der Waals surface area contributed by atoms with Crippen molar-refractivity contribution in [3.8, 4) is 16.6 Å². The van der Waals surface area contributed by atoms with Gasteiger partial charge in [0.05, 0.1) is 18.4 Å². The number of nitrogens with one attached hydrogen (secondary N) is 1. The van der Waals surface area contributed by atoms with Crippen LogP contribution in [0.5, 0.6) is 5.88 Å². The van der Waals surface area contributed by atoms with Crippen molar-refractivity contribution in [3.63, 3.8) is 0 Å². The van der Waals surface area contributed by atoms with E-state index in [0.717, 1.165) is 0 Å². The van der Waals surface area contributed by atoms with Gasteiger partial charge in [0.25, 0.3) is 0 Å². The molecule has 142 valence electrons. The van der Waals surface area contributed by atoms with Crippen molar-refractivity contribution in [2.75, 3.05) is 6.61 Å².